The molecule has 1 atom stereocenters. The zero-order chi connectivity index (χ0) is 10.5. The van der Waals surface area contributed by atoms with E-state index < -0.39 is 12.6 Å². The Hall–Kier alpha value is -0.250. The first-order valence-electron chi connectivity index (χ1n) is 4.56. The number of hydrogen-bond donors (Lipinski definition) is 1. The van der Waals surface area contributed by atoms with Gasteiger partial charge in [-0.2, -0.15) is 13.2 Å². The molecule has 0 amide bonds. The van der Waals surface area contributed by atoms with Crippen molar-refractivity contribution in [2.75, 3.05) is 13.6 Å². The van der Waals surface area contributed by atoms with Gasteiger partial charge in [0.2, 0.25) is 0 Å². The van der Waals surface area contributed by atoms with Crippen molar-refractivity contribution in [3.63, 3.8) is 0 Å². The quantitative estimate of drug-likeness (QED) is 0.714. The molecule has 0 aliphatic rings. The summed E-state index contributed by atoms with van der Waals surface area (Å²) in [5.74, 6) is 0.0331. The van der Waals surface area contributed by atoms with Gasteiger partial charge >= 0.3 is 6.18 Å². The Morgan fingerprint density at radius 2 is 1.77 bits per heavy atom. The van der Waals surface area contributed by atoms with Crippen LogP contribution in [0.1, 0.15) is 26.7 Å². The highest BCUT2D eigenvalue weighted by molar-refractivity contribution is 4.67. The summed E-state index contributed by atoms with van der Waals surface area (Å²) in [5.41, 5.74) is 0. The summed E-state index contributed by atoms with van der Waals surface area (Å²) in [4.78, 5) is 0. The van der Waals surface area contributed by atoms with Gasteiger partial charge in [0.25, 0.3) is 0 Å². The Bertz CT molecular complexity index is 131. The zero-order valence-corrected chi connectivity index (χ0v) is 8.41. The summed E-state index contributed by atoms with van der Waals surface area (Å²) >= 11 is 0. The van der Waals surface area contributed by atoms with Gasteiger partial charge in [0.15, 0.2) is 0 Å². The molecule has 1 nitrogen and oxygen atoms in total. The predicted octanol–water partition coefficient (Wildman–Crippen LogP) is 2.82. The highest BCUT2D eigenvalue weighted by atomic mass is 19.4. The van der Waals surface area contributed by atoms with Crippen molar-refractivity contribution < 1.29 is 13.2 Å². The molecule has 0 heterocycles. The summed E-state index contributed by atoms with van der Waals surface area (Å²) in [6, 6.07) is 0. The van der Waals surface area contributed by atoms with Crippen molar-refractivity contribution in [2.24, 2.45) is 11.8 Å². The monoisotopic (exact) mass is 197 g/mol. The van der Waals surface area contributed by atoms with Gasteiger partial charge in [-0.3, -0.25) is 0 Å². The fourth-order valence-corrected chi connectivity index (χ4v) is 1.52. The van der Waals surface area contributed by atoms with Crippen molar-refractivity contribution in [1.82, 2.24) is 5.32 Å². The summed E-state index contributed by atoms with van der Waals surface area (Å²) in [6.45, 7) is 4.33. The molecule has 1 unspecified atom stereocenters. The van der Waals surface area contributed by atoms with Crippen LogP contribution in [0.5, 0.6) is 0 Å². The molecular formula is C9H18F3N. The molecule has 0 saturated carbocycles. The fraction of sp³-hybridized carbons (Fsp3) is 1.00. The minimum atomic E-state index is -4.03. The van der Waals surface area contributed by atoms with Gasteiger partial charge in [-0.1, -0.05) is 13.8 Å². The number of halogens is 3. The molecule has 1 N–H and O–H groups in total. The Morgan fingerprint density at radius 1 is 1.23 bits per heavy atom. The minimum Gasteiger partial charge on any atom is -0.319 e. The number of hydrogen-bond acceptors (Lipinski definition) is 1. The van der Waals surface area contributed by atoms with Gasteiger partial charge in [-0.15, -0.1) is 0 Å². The second kappa shape index (κ2) is 5.47. The van der Waals surface area contributed by atoms with E-state index in [4.69, 9.17) is 0 Å². The predicted molar refractivity (Wildman–Crippen MR) is 47.5 cm³/mol. The highest BCUT2D eigenvalue weighted by Crippen LogP contribution is 2.27. The maximum Gasteiger partial charge on any atom is 0.389 e. The van der Waals surface area contributed by atoms with Gasteiger partial charge in [0.05, 0.1) is 0 Å². The smallest absolute Gasteiger partial charge is 0.319 e. The molecule has 80 valence electrons. The lowest BCUT2D eigenvalue weighted by Crippen LogP contribution is -2.25. The van der Waals surface area contributed by atoms with E-state index in [1.807, 2.05) is 13.8 Å². The van der Waals surface area contributed by atoms with Crippen LogP contribution >= 0.6 is 0 Å². The van der Waals surface area contributed by atoms with Crippen molar-refractivity contribution >= 4 is 0 Å². The molecule has 0 saturated heterocycles. The number of nitrogens with one attached hydrogen (secondary N) is 1. The summed E-state index contributed by atoms with van der Waals surface area (Å²) < 4.78 is 36.2. The van der Waals surface area contributed by atoms with Crippen molar-refractivity contribution in [1.29, 1.82) is 0 Å². The first kappa shape index (κ1) is 12.8. The molecule has 0 aromatic carbocycles. The normalized spacial score (nSPS) is 15.0. The molecule has 0 aliphatic heterocycles. The van der Waals surface area contributed by atoms with Crippen molar-refractivity contribution in [3.05, 3.63) is 0 Å². The van der Waals surface area contributed by atoms with Crippen LogP contribution in [0.2, 0.25) is 0 Å². The molecule has 0 bridgehead atoms. The molecule has 0 aromatic heterocycles. The average molecular weight is 197 g/mol. The van der Waals surface area contributed by atoms with E-state index in [9.17, 15) is 13.2 Å². The van der Waals surface area contributed by atoms with E-state index in [1.54, 1.807) is 7.05 Å². The topological polar surface area (TPSA) is 12.0 Å². The summed E-state index contributed by atoms with van der Waals surface area (Å²) in [6.07, 6.45) is -4.08. The third-order valence-corrected chi connectivity index (χ3v) is 1.82. The van der Waals surface area contributed by atoms with Crippen LogP contribution in [0, 0.1) is 11.8 Å². The van der Waals surface area contributed by atoms with Crippen LogP contribution < -0.4 is 5.32 Å². The van der Waals surface area contributed by atoms with E-state index in [2.05, 4.69) is 5.32 Å². The fourth-order valence-electron chi connectivity index (χ4n) is 1.52. The molecule has 0 rings (SSSR count). The molecule has 0 aliphatic carbocycles. The first-order chi connectivity index (χ1) is 5.85. The van der Waals surface area contributed by atoms with Crippen LogP contribution in [-0.2, 0) is 0 Å². The lowest BCUT2D eigenvalue weighted by Gasteiger charge is -2.19. The van der Waals surface area contributed by atoms with E-state index in [0.717, 1.165) is 0 Å². The zero-order valence-electron chi connectivity index (χ0n) is 8.41. The Kier molecular flexibility index (Phi) is 5.37. The summed E-state index contributed by atoms with van der Waals surface area (Å²) in [5, 5.41) is 2.80. The standard InChI is InChI=1S/C9H18F3N/c1-7(2)4-8(6-13-3)5-9(10,11)12/h7-8,13H,4-6H2,1-3H3. The van der Waals surface area contributed by atoms with E-state index in [0.29, 0.717) is 18.9 Å². The third-order valence-electron chi connectivity index (χ3n) is 1.82. The highest BCUT2D eigenvalue weighted by Gasteiger charge is 2.31. The molecule has 0 spiro atoms. The molecule has 0 aromatic rings. The lowest BCUT2D eigenvalue weighted by atomic mass is 9.94. The maximum atomic E-state index is 12.1. The van der Waals surface area contributed by atoms with Crippen LogP contribution in [-0.4, -0.2) is 19.8 Å². The first-order valence-corrected chi connectivity index (χ1v) is 4.56. The van der Waals surface area contributed by atoms with Gasteiger partial charge < -0.3 is 5.32 Å². The van der Waals surface area contributed by atoms with E-state index in [1.165, 1.54) is 0 Å². The van der Waals surface area contributed by atoms with Crippen LogP contribution in [0.25, 0.3) is 0 Å². The van der Waals surface area contributed by atoms with Crippen LogP contribution in [0.15, 0.2) is 0 Å². The lowest BCUT2D eigenvalue weighted by molar-refractivity contribution is -0.145. The number of rotatable bonds is 5. The second-order valence-electron chi connectivity index (χ2n) is 3.87. The van der Waals surface area contributed by atoms with Crippen LogP contribution in [0.4, 0.5) is 13.2 Å². The Morgan fingerprint density at radius 3 is 2.08 bits per heavy atom. The molecule has 0 fully saturated rings. The van der Waals surface area contributed by atoms with Gasteiger partial charge in [0, 0.05) is 6.42 Å². The Balaban J connectivity index is 3.94. The average Bonchev–Trinajstić information content (AvgIpc) is 1.81. The number of alkyl halides is 3. The summed E-state index contributed by atoms with van der Waals surface area (Å²) in [7, 11) is 1.68. The van der Waals surface area contributed by atoms with Crippen LogP contribution in [0.3, 0.4) is 0 Å². The minimum absolute atomic E-state index is 0.287. The maximum absolute atomic E-state index is 12.1. The van der Waals surface area contributed by atoms with Gasteiger partial charge in [-0.05, 0) is 31.8 Å². The molecule has 13 heavy (non-hydrogen) atoms. The molecule has 0 radical (unpaired) electrons. The van der Waals surface area contributed by atoms with E-state index >= 15 is 0 Å². The molecule has 4 heteroatoms. The van der Waals surface area contributed by atoms with Gasteiger partial charge in [0.1, 0.15) is 0 Å². The third kappa shape index (κ3) is 8.09. The SMILES string of the molecule is CNCC(CC(C)C)CC(F)(F)F. The Labute approximate surface area is 77.7 Å². The largest absolute Gasteiger partial charge is 0.389 e. The second-order valence-corrected chi connectivity index (χ2v) is 3.87. The van der Waals surface area contributed by atoms with E-state index in [-0.39, 0.29) is 5.92 Å². The molecular weight excluding hydrogens is 179 g/mol. The van der Waals surface area contributed by atoms with Gasteiger partial charge in [-0.25, -0.2) is 0 Å². The van der Waals surface area contributed by atoms with Crippen molar-refractivity contribution in [3.8, 4) is 0 Å². The van der Waals surface area contributed by atoms with Crippen molar-refractivity contribution in [2.45, 2.75) is 32.9 Å².